The molecule has 1 fully saturated rings. The first-order chi connectivity index (χ1) is 16.9. The number of aromatic nitrogens is 1. The van der Waals surface area contributed by atoms with Gasteiger partial charge in [0.2, 0.25) is 5.91 Å². The van der Waals surface area contributed by atoms with Crippen LogP contribution in [0.3, 0.4) is 0 Å². The molecule has 1 aliphatic heterocycles. The number of Topliss-reactive ketones (excluding diaryl/α,β-unsaturated/α-hetero) is 2. The van der Waals surface area contributed by atoms with Crippen molar-refractivity contribution in [2.45, 2.75) is 12.8 Å². The Morgan fingerprint density at radius 1 is 0.857 bits per heavy atom. The molecule has 0 N–H and O–H groups in total. The Morgan fingerprint density at radius 2 is 1.37 bits per heavy atom. The SMILES string of the molecule is Cc1cnccc1C1C(C(=O)c2ccccc2)CN(CC(=O)N(C)C)CC1C(=O)c1ccccc1. The third-order valence-electron chi connectivity index (χ3n) is 6.85. The number of hydrogen-bond donors (Lipinski definition) is 0. The average molecular weight is 470 g/mol. The fourth-order valence-corrected chi connectivity index (χ4v) is 5.02. The molecule has 0 spiro atoms. The average Bonchev–Trinajstić information content (AvgIpc) is 2.88. The largest absolute Gasteiger partial charge is 0.348 e. The van der Waals surface area contributed by atoms with E-state index in [4.69, 9.17) is 0 Å². The first-order valence-electron chi connectivity index (χ1n) is 11.9. The van der Waals surface area contributed by atoms with Crippen molar-refractivity contribution in [3.05, 3.63) is 101 Å². The van der Waals surface area contributed by atoms with Crippen LogP contribution in [0.4, 0.5) is 0 Å². The van der Waals surface area contributed by atoms with Crippen molar-refractivity contribution in [2.75, 3.05) is 33.7 Å². The minimum absolute atomic E-state index is 0.0142. The zero-order valence-corrected chi connectivity index (χ0v) is 20.4. The zero-order valence-electron chi connectivity index (χ0n) is 20.4. The maximum atomic E-state index is 13.9. The van der Waals surface area contributed by atoms with Crippen molar-refractivity contribution in [3.63, 3.8) is 0 Å². The van der Waals surface area contributed by atoms with Gasteiger partial charge in [-0.25, -0.2) is 0 Å². The van der Waals surface area contributed by atoms with Crippen molar-refractivity contribution < 1.29 is 14.4 Å². The minimum atomic E-state index is -0.486. The lowest BCUT2D eigenvalue weighted by Crippen LogP contribution is -2.52. The molecule has 1 aliphatic rings. The second kappa shape index (κ2) is 10.7. The van der Waals surface area contributed by atoms with Gasteiger partial charge in [0, 0.05) is 68.5 Å². The van der Waals surface area contributed by atoms with Crippen LogP contribution in [0.1, 0.15) is 37.8 Å². The second-order valence-electron chi connectivity index (χ2n) is 9.41. The highest BCUT2D eigenvalue weighted by Crippen LogP contribution is 2.41. The van der Waals surface area contributed by atoms with E-state index in [9.17, 15) is 14.4 Å². The van der Waals surface area contributed by atoms with E-state index in [2.05, 4.69) is 4.98 Å². The summed E-state index contributed by atoms with van der Waals surface area (Å²) in [6.07, 6.45) is 3.50. The van der Waals surface area contributed by atoms with Gasteiger partial charge in [0.15, 0.2) is 11.6 Å². The second-order valence-corrected chi connectivity index (χ2v) is 9.41. The third-order valence-corrected chi connectivity index (χ3v) is 6.85. The summed E-state index contributed by atoms with van der Waals surface area (Å²) in [6.45, 7) is 2.93. The van der Waals surface area contributed by atoms with Crippen LogP contribution in [0.5, 0.6) is 0 Å². The Bertz CT molecular complexity index is 1130. The molecule has 2 unspecified atom stereocenters. The Kier molecular flexibility index (Phi) is 7.51. The van der Waals surface area contributed by atoms with Crippen molar-refractivity contribution in [3.8, 4) is 0 Å². The molecule has 1 amide bonds. The van der Waals surface area contributed by atoms with Crippen LogP contribution in [-0.4, -0.2) is 66.0 Å². The van der Waals surface area contributed by atoms with Gasteiger partial charge in [0.05, 0.1) is 6.54 Å². The Labute approximate surface area is 206 Å². The van der Waals surface area contributed by atoms with Crippen LogP contribution in [0.25, 0.3) is 0 Å². The molecule has 180 valence electrons. The molecule has 6 heteroatoms. The number of benzene rings is 2. The number of rotatable bonds is 7. The lowest BCUT2D eigenvalue weighted by Gasteiger charge is -2.43. The number of amides is 1. The molecule has 0 bridgehead atoms. The van der Waals surface area contributed by atoms with Gasteiger partial charge < -0.3 is 4.90 Å². The fourth-order valence-electron chi connectivity index (χ4n) is 5.02. The fraction of sp³-hybridized carbons (Fsp3) is 0.310. The van der Waals surface area contributed by atoms with E-state index in [0.717, 1.165) is 11.1 Å². The smallest absolute Gasteiger partial charge is 0.236 e. The lowest BCUT2D eigenvalue weighted by molar-refractivity contribution is -0.130. The van der Waals surface area contributed by atoms with Gasteiger partial charge in [-0.2, -0.15) is 0 Å². The van der Waals surface area contributed by atoms with Crippen molar-refractivity contribution in [2.24, 2.45) is 11.8 Å². The number of hydrogen-bond acceptors (Lipinski definition) is 5. The summed E-state index contributed by atoms with van der Waals surface area (Å²) in [4.78, 5) is 48.2. The van der Waals surface area contributed by atoms with Gasteiger partial charge in [-0.1, -0.05) is 60.7 Å². The number of likely N-dealkylation sites (N-methyl/N-ethyl adjacent to an activating group) is 1. The molecule has 3 aromatic rings. The predicted molar refractivity (Wildman–Crippen MR) is 135 cm³/mol. The zero-order chi connectivity index (χ0) is 24.9. The Hall–Kier alpha value is -3.64. The summed E-state index contributed by atoms with van der Waals surface area (Å²) in [5.41, 5.74) is 3.14. The van der Waals surface area contributed by atoms with Crippen LogP contribution in [0.15, 0.2) is 79.1 Å². The highest BCUT2D eigenvalue weighted by molar-refractivity contribution is 6.02. The van der Waals surface area contributed by atoms with Gasteiger partial charge >= 0.3 is 0 Å². The molecule has 1 saturated heterocycles. The molecule has 4 rings (SSSR count). The predicted octanol–water partition coefficient (Wildman–Crippen LogP) is 3.88. The molecule has 0 aliphatic carbocycles. The quantitative estimate of drug-likeness (QED) is 0.491. The van der Waals surface area contributed by atoms with E-state index >= 15 is 0 Å². The molecule has 6 nitrogen and oxygen atoms in total. The van der Waals surface area contributed by atoms with Crippen molar-refractivity contribution in [1.82, 2.24) is 14.8 Å². The molecule has 2 atom stereocenters. The maximum absolute atomic E-state index is 13.9. The summed E-state index contributed by atoms with van der Waals surface area (Å²) in [6, 6.07) is 20.4. The number of carbonyl (C=O) groups excluding carboxylic acids is 3. The molecule has 0 radical (unpaired) electrons. The molecule has 0 saturated carbocycles. The monoisotopic (exact) mass is 469 g/mol. The number of pyridine rings is 1. The highest BCUT2D eigenvalue weighted by Gasteiger charge is 2.45. The van der Waals surface area contributed by atoms with E-state index in [1.54, 1.807) is 31.4 Å². The number of piperidine rings is 1. The van der Waals surface area contributed by atoms with Crippen LogP contribution in [0.2, 0.25) is 0 Å². The number of nitrogens with zero attached hydrogens (tertiary/aromatic N) is 3. The molecule has 2 aromatic carbocycles. The molecular weight excluding hydrogens is 438 g/mol. The van der Waals surface area contributed by atoms with E-state index in [0.29, 0.717) is 24.2 Å². The summed E-state index contributed by atoms with van der Waals surface area (Å²) < 4.78 is 0. The van der Waals surface area contributed by atoms with E-state index in [1.165, 1.54) is 0 Å². The lowest BCUT2D eigenvalue weighted by atomic mass is 9.68. The van der Waals surface area contributed by atoms with Crippen LogP contribution in [0, 0.1) is 18.8 Å². The number of carbonyl (C=O) groups is 3. The van der Waals surface area contributed by atoms with Crippen LogP contribution >= 0.6 is 0 Å². The number of ketones is 2. The van der Waals surface area contributed by atoms with Crippen molar-refractivity contribution in [1.29, 1.82) is 0 Å². The van der Waals surface area contributed by atoms with Crippen LogP contribution < -0.4 is 0 Å². The normalized spacial score (nSPS) is 20.3. The van der Waals surface area contributed by atoms with Gasteiger partial charge in [-0.3, -0.25) is 24.3 Å². The molecule has 35 heavy (non-hydrogen) atoms. The third kappa shape index (κ3) is 5.38. The number of aryl methyl sites for hydroxylation is 1. The van der Waals surface area contributed by atoms with Gasteiger partial charge in [0.1, 0.15) is 0 Å². The standard InChI is InChI=1S/C29H31N3O3/c1-20-16-30-15-14-23(20)27-24(28(34)21-10-6-4-7-11-21)17-32(19-26(33)31(2)3)18-25(27)29(35)22-12-8-5-9-13-22/h4-16,24-25,27H,17-19H2,1-3H3. The number of likely N-dealkylation sites (tertiary alicyclic amines) is 1. The minimum Gasteiger partial charge on any atom is -0.348 e. The maximum Gasteiger partial charge on any atom is 0.236 e. The van der Waals surface area contributed by atoms with Gasteiger partial charge in [-0.15, -0.1) is 0 Å². The topological polar surface area (TPSA) is 70.6 Å². The van der Waals surface area contributed by atoms with E-state index in [-0.39, 0.29) is 29.9 Å². The van der Waals surface area contributed by atoms with Crippen LogP contribution in [-0.2, 0) is 4.79 Å². The summed E-state index contributed by atoms with van der Waals surface area (Å²) in [7, 11) is 3.43. The van der Waals surface area contributed by atoms with Gasteiger partial charge in [-0.05, 0) is 24.1 Å². The van der Waals surface area contributed by atoms with E-state index in [1.807, 2.05) is 78.6 Å². The molecule has 1 aromatic heterocycles. The van der Waals surface area contributed by atoms with E-state index < -0.39 is 11.8 Å². The summed E-state index contributed by atoms with van der Waals surface area (Å²) >= 11 is 0. The Balaban J connectivity index is 1.82. The first kappa shape index (κ1) is 24.5. The van der Waals surface area contributed by atoms with Gasteiger partial charge in [0.25, 0.3) is 0 Å². The summed E-state index contributed by atoms with van der Waals surface area (Å²) in [5.74, 6) is -1.39. The first-order valence-corrected chi connectivity index (χ1v) is 11.9. The summed E-state index contributed by atoms with van der Waals surface area (Å²) in [5, 5.41) is 0. The molecule has 2 heterocycles. The highest BCUT2D eigenvalue weighted by atomic mass is 16.2. The molecular formula is C29H31N3O3. The Morgan fingerprint density at radius 3 is 1.83 bits per heavy atom. The van der Waals surface area contributed by atoms with Crippen molar-refractivity contribution >= 4 is 17.5 Å².